The van der Waals surface area contributed by atoms with E-state index in [-0.39, 0.29) is 17.0 Å². The van der Waals surface area contributed by atoms with Crippen LogP contribution in [-0.2, 0) is 10.0 Å². The highest BCUT2D eigenvalue weighted by molar-refractivity contribution is 7.89. The zero-order valence-corrected chi connectivity index (χ0v) is 13.7. The number of hydrogen-bond acceptors (Lipinski definition) is 5. The fraction of sp³-hybridized carbons (Fsp3) is 0.500. The van der Waals surface area contributed by atoms with Crippen LogP contribution in [0.5, 0.6) is 0 Å². The van der Waals surface area contributed by atoms with Crippen LogP contribution in [0.1, 0.15) is 17.3 Å². The fourth-order valence-corrected chi connectivity index (χ4v) is 3.75. The lowest BCUT2D eigenvalue weighted by molar-refractivity contribution is 0.1000. The van der Waals surface area contributed by atoms with E-state index in [1.54, 1.807) is 19.1 Å². The first-order valence-corrected chi connectivity index (χ1v) is 8.70. The van der Waals surface area contributed by atoms with Crippen LogP contribution < -0.4 is 15.4 Å². The Morgan fingerprint density at radius 2 is 1.91 bits per heavy atom. The van der Waals surface area contributed by atoms with E-state index in [1.165, 1.54) is 6.07 Å². The largest absolute Gasteiger partial charge is 0.368 e. The number of benzene rings is 1. The van der Waals surface area contributed by atoms with Crippen molar-refractivity contribution in [2.75, 3.05) is 44.7 Å². The number of hydrogen-bond donors (Lipinski definition) is 2. The number of amides is 1. The topological polar surface area (TPSA) is 95.7 Å². The monoisotopic (exact) mass is 326 g/mol. The molecule has 0 aromatic heterocycles. The zero-order valence-electron chi connectivity index (χ0n) is 12.9. The molecule has 0 bridgehead atoms. The van der Waals surface area contributed by atoms with Gasteiger partial charge in [-0.25, -0.2) is 13.1 Å². The van der Waals surface area contributed by atoms with E-state index in [9.17, 15) is 13.2 Å². The number of nitrogens with zero attached hydrogens (tertiary/aromatic N) is 2. The van der Waals surface area contributed by atoms with Crippen molar-refractivity contribution in [2.45, 2.75) is 11.8 Å². The number of nitrogens with two attached hydrogens (primary N) is 1. The highest BCUT2D eigenvalue weighted by Gasteiger charge is 2.24. The molecule has 7 nitrogen and oxygen atoms in total. The Kier molecular flexibility index (Phi) is 5.05. The zero-order chi connectivity index (χ0) is 16.3. The molecule has 22 heavy (non-hydrogen) atoms. The predicted molar refractivity (Wildman–Crippen MR) is 85.5 cm³/mol. The molecule has 0 spiro atoms. The molecular weight excluding hydrogens is 304 g/mol. The minimum atomic E-state index is -3.67. The smallest absolute Gasteiger partial charge is 0.248 e. The third kappa shape index (κ3) is 3.57. The van der Waals surface area contributed by atoms with Crippen molar-refractivity contribution in [1.82, 2.24) is 9.62 Å². The van der Waals surface area contributed by atoms with Crippen molar-refractivity contribution < 1.29 is 13.2 Å². The summed E-state index contributed by atoms with van der Waals surface area (Å²) in [4.78, 5) is 15.7. The normalized spacial score (nSPS) is 16.7. The van der Waals surface area contributed by atoms with Crippen molar-refractivity contribution in [1.29, 1.82) is 0 Å². The molecule has 1 heterocycles. The van der Waals surface area contributed by atoms with Crippen LogP contribution in [-0.4, -0.2) is 59.0 Å². The number of primary amides is 1. The first-order valence-electron chi connectivity index (χ1n) is 7.22. The number of sulfonamides is 1. The third-order valence-corrected chi connectivity index (χ3v) is 5.29. The Balaban J connectivity index is 2.46. The molecule has 2 rings (SSSR count). The minimum Gasteiger partial charge on any atom is -0.368 e. The van der Waals surface area contributed by atoms with E-state index in [4.69, 9.17) is 5.73 Å². The van der Waals surface area contributed by atoms with Gasteiger partial charge in [0.15, 0.2) is 0 Å². The van der Waals surface area contributed by atoms with Crippen LogP contribution in [0.2, 0.25) is 0 Å². The van der Waals surface area contributed by atoms with E-state index in [2.05, 4.69) is 9.62 Å². The predicted octanol–water partition coefficient (Wildman–Crippen LogP) is -0.164. The van der Waals surface area contributed by atoms with Gasteiger partial charge in [-0.3, -0.25) is 4.79 Å². The molecule has 3 N–H and O–H groups in total. The summed E-state index contributed by atoms with van der Waals surface area (Å²) >= 11 is 0. The number of piperazine rings is 1. The Morgan fingerprint density at radius 3 is 2.45 bits per heavy atom. The molecule has 0 aliphatic carbocycles. The third-order valence-electron chi connectivity index (χ3n) is 3.71. The molecule has 0 atom stereocenters. The second kappa shape index (κ2) is 6.64. The number of likely N-dealkylation sites (N-methyl/N-ethyl adjacent to an activating group) is 1. The molecule has 0 unspecified atom stereocenters. The standard InChI is InChI=1S/C14H22N4O3S/c1-3-16-22(20,21)13-10-11(14(15)19)4-5-12(13)18-8-6-17(2)7-9-18/h4-5,10,16H,3,6-9H2,1-2H3,(H2,15,19). The van der Waals surface area contributed by atoms with Crippen molar-refractivity contribution in [2.24, 2.45) is 5.73 Å². The van der Waals surface area contributed by atoms with E-state index in [0.717, 1.165) is 26.2 Å². The molecule has 0 radical (unpaired) electrons. The molecule has 1 aliphatic rings. The second-order valence-electron chi connectivity index (χ2n) is 5.34. The number of carbonyl (C=O) groups is 1. The van der Waals surface area contributed by atoms with Crippen LogP contribution in [0, 0.1) is 0 Å². The van der Waals surface area contributed by atoms with Gasteiger partial charge in [-0.15, -0.1) is 0 Å². The lowest BCUT2D eigenvalue weighted by atomic mass is 10.1. The first kappa shape index (κ1) is 16.7. The lowest BCUT2D eigenvalue weighted by Gasteiger charge is -2.35. The van der Waals surface area contributed by atoms with Gasteiger partial charge in [0.2, 0.25) is 15.9 Å². The summed E-state index contributed by atoms with van der Waals surface area (Å²) in [7, 11) is -1.64. The average Bonchev–Trinajstić information content (AvgIpc) is 2.47. The van der Waals surface area contributed by atoms with Gasteiger partial charge >= 0.3 is 0 Å². The number of nitrogens with one attached hydrogen (secondary N) is 1. The maximum absolute atomic E-state index is 12.4. The van der Waals surface area contributed by atoms with E-state index < -0.39 is 15.9 Å². The molecule has 1 amide bonds. The van der Waals surface area contributed by atoms with Crippen LogP contribution in [0.4, 0.5) is 5.69 Å². The Hall–Kier alpha value is -1.64. The SMILES string of the molecule is CCNS(=O)(=O)c1cc(C(N)=O)ccc1N1CCN(C)CC1. The minimum absolute atomic E-state index is 0.107. The van der Waals surface area contributed by atoms with Gasteiger partial charge in [-0.1, -0.05) is 6.92 Å². The van der Waals surface area contributed by atoms with Gasteiger partial charge in [0.25, 0.3) is 0 Å². The number of anilines is 1. The van der Waals surface area contributed by atoms with Gasteiger partial charge < -0.3 is 15.5 Å². The first-order chi connectivity index (χ1) is 10.3. The van der Waals surface area contributed by atoms with Crippen molar-refractivity contribution in [3.05, 3.63) is 23.8 Å². The molecule has 8 heteroatoms. The molecule has 1 aromatic carbocycles. The average molecular weight is 326 g/mol. The maximum atomic E-state index is 12.4. The van der Waals surface area contributed by atoms with E-state index in [0.29, 0.717) is 5.69 Å². The summed E-state index contributed by atoms with van der Waals surface area (Å²) in [6.45, 7) is 5.19. The molecule has 122 valence electrons. The van der Waals surface area contributed by atoms with Crippen molar-refractivity contribution in [3.8, 4) is 0 Å². The Bertz CT molecular complexity index is 652. The number of rotatable bonds is 5. The summed E-state index contributed by atoms with van der Waals surface area (Å²) in [5.74, 6) is -0.641. The van der Waals surface area contributed by atoms with Crippen molar-refractivity contribution >= 4 is 21.6 Å². The molecule has 1 fully saturated rings. The van der Waals surface area contributed by atoms with E-state index in [1.807, 2.05) is 11.9 Å². The molecule has 1 aromatic rings. The van der Waals surface area contributed by atoms with Gasteiger partial charge in [0, 0.05) is 38.3 Å². The Labute approximate surface area is 131 Å². The molecule has 0 saturated carbocycles. The quantitative estimate of drug-likeness (QED) is 0.783. The van der Waals surface area contributed by atoms with E-state index >= 15 is 0 Å². The summed E-state index contributed by atoms with van der Waals surface area (Å²) in [6, 6.07) is 4.59. The van der Waals surface area contributed by atoms with Crippen LogP contribution in [0.15, 0.2) is 23.1 Å². The van der Waals surface area contributed by atoms with Crippen LogP contribution >= 0.6 is 0 Å². The summed E-state index contributed by atoms with van der Waals surface area (Å²) in [5, 5.41) is 0. The fourth-order valence-electron chi connectivity index (χ4n) is 2.46. The van der Waals surface area contributed by atoms with Crippen LogP contribution in [0.3, 0.4) is 0 Å². The van der Waals surface area contributed by atoms with Gasteiger partial charge in [0.1, 0.15) is 4.90 Å². The summed E-state index contributed by atoms with van der Waals surface area (Å²) in [5.41, 5.74) is 6.07. The van der Waals surface area contributed by atoms with Crippen molar-refractivity contribution in [3.63, 3.8) is 0 Å². The van der Waals surface area contributed by atoms with Crippen LogP contribution in [0.25, 0.3) is 0 Å². The Morgan fingerprint density at radius 1 is 1.27 bits per heavy atom. The lowest BCUT2D eigenvalue weighted by Crippen LogP contribution is -2.45. The highest BCUT2D eigenvalue weighted by Crippen LogP contribution is 2.27. The van der Waals surface area contributed by atoms with Gasteiger partial charge in [0.05, 0.1) is 5.69 Å². The molecule has 1 saturated heterocycles. The highest BCUT2D eigenvalue weighted by atomic mass is 32.2. The second-order valence-corrected chi connectivity index (χ2v) is 7.07. The van der Waals surface area contributed by atoms with Gasteiger partial charge in [-0.2, -0.15) is 0 Å². The van der Waals surface area contributed by atoms with Gasteiger partial charge in [-0.05, 0) is 25.2 Å². The maximum Gasteiger partial charge on any atom is 0.248 e. The molecular formula is C14H22N4O3S. The summed E-state index contributed by atoms with van der Waals surface area (Å²) < 4.78 is 27.3. The number of carbonyl (C=O) groups excluding carboxylic acids is 1. The summed E-state index contributed by atoms with van der Waals surface area (Å²) in [6.07, 6.45) is 0. The molecule has 1 aliphatic heterocycles.